The molecule has 3 heterocycles. The molecule has 2 saturated heterocycles. The topological polar surface area (TPSA) is 92.4 Å². The molecule has 0 unspecified atom stereocenters. The zero-order valence-corrected chi connectivity index (χ0v) is 16.4. The molecule has 0 saturated carbocycles. The van der Waals surface area contributed by atoms with Crippen LogP contribution in [0, 0.1) is 0 Å². The fourth-order valence-electron chi connectivity index (χ4n) is 3.84. The number of nitrogens with two attached hydrogens (primary N) is 1. The van der Waals surface area contributed by atoms with Crippen LogP contribution in [-0.2, 0) is 11.3 Å². The number of likely N-dealkylation sites (tertiary alicyclic amines) is 1. The quantitative estimate of drug-likeness (QED) is 0.758. The van der Waals surface area contributed by atoms with Crippen LogP contribution in [0.25, 0.3) is 0 Å². The Morgan fingerprint density at radius 1 is 1.07 bits per heavy atom. The summed E-state index contributed by atoms with van der Waals surface area (Å²) in [6, 6.07) is 6.28. The van der Waals surface area contributed by atoms with E-state index < -0.39 is 12.2 Å². The molecule has 3 N–H and O–H groups in total. The van der Waals surface area contributed by atoms with Crippen LogP contribution >= 0.6 is 0 Å². The van der Waals surface area contributed by atoms with E-state index in [1.165, 1.54) is 4.90 Å². The number of anilines is 4. The van der Waals surface area contributed by atoms with Crippen LogP contribution in [0.2, 0.25) is 0 Å². The minimum absolute atomic E-state index is 0.0262. The smallest absolute Gasteiger partial charge is 0.378 e. The highest BCUT2D eigenvalue weighted by Gasteiger charge is 2.45. The van der Waals surface area contributed by atoms with Gasteiger partial charge in [0.05, 0.1) is 19.8 Å². The fraction of sp³-hybridized carbons (Fsp3) is 0.526. The number of hydrogen-bond donors (Lipinski definition) is 2. The van der Waals surface area contributed by atoms with Crippen LogP contribution in [0.3, 0.4) is 0 Å². The molecule has 1 aromatic carbocycles. The molecule has 0 amide bonds. The van der Waals surface area contributed by atoms with Gasteiger partial charge in [0.15, 0.2) is 0 Å². The van der Waals surface area contributed by atoms with Crippen LogP contribution < -0.4 is 16.0 Å². The van der Waals surface area contributed by atoms with Gasteiger partial charge in [-0.3, -0.25) is 4.90 Å². The molecule has 30 heavy (non-hydrogen) atoms. The lowest BCUT2D eigenvalue weighted by Gasteiger charge is -2.28. The predicted octanol–water partition coefficient (Wildman–Crippen LogP) is 2.56. The van der Waals surface area contributed by atoms with Gasteiger partial charge >= 0.3 is 6.18 Å². The number of benzene rings is 1. The molecule has 162 valence electrons. The Morgan fingerprint density at radius 2 is 1.80 bits per heavy atom. The highest BCUT2D eigenvalue weighted by Crippen LogP contribution is 2.33. The maximum Gasteiger partial charge on any atom is 0.404 e. The van der Waals surface area contributed by atoms with Gasteiger partial charge in [0, 0.05) is 24.5 Å². The van der Waals surface area contributed by atoms with Crippen LogP contribution in [-0.4, -0.2) is 64.9 Å². The molecule has 0 aliphatic carbocycles. The maximum absolute atomic E-state index is 13.2. The largest absolute Gasteiger partial charge is 0.404 e. The van der Waals surface area contributed by atoms with E-state index in [9.17, 15) is 13.2 Å². The number of nitrogens with one attached hydrogen (secondary N) is 1. The van der Waals surface area contributed by atoms with E-state index in [-0.39, 0.29) is 30.7 Å². The first-order valence-corrected chi connectivity index (χ1v) is 9.89. The summed E-state index contributed by atoms with van der Waals surface area (Å²) < 4.78 is 44.9. The lowest BCUT2D eigenvalue weighted by Crippen LogP contribution is -2.41. The molecule has 0 bridgehead atoms. The van der Waals surface area contributed by atoms with Crippen LogP contribution in [0.5, 0.6) is 0 Å². The van der Waals surface area contributed by atoms with Crippen molar-refractivity contribution in [2.75, 3.05) is 48.8 Å². The summed E-state index contributed by atoms with van der Waals surface area (Å²) in [5, 5.41) is 3.06. The predicted molar refractivity (Wildman–Crippen MR) is 106 cm³/mol. The van der Waals surface area contributed by atoms with Crippen molar-refractivity contribution in [3.63, 3.8) is 0 Å². The number of nitrogens with zero attached hydrogens (tertiary/aromatic N) is 5. The number of morpholine rings is 1. The van der Waals surface area contributed by atoms with E-state index in [2.05, 4.69) is 25.2 Å². The second-order valence-electron chi connectivity index (χ2n) is 7.37. The molecular formula is C19H24F3N7O. The summed E-state index contributed by atoms with van der Waals surface area (Å²) in [5.41, 5.74) is 7.61. The third-order valence-corrected chi connectivity index (χ3v) is 5.28. The second-order valence-corrected chi connectivity index (χ2v) is 7.37. The average molecular weight is 423 g/mol. The Morgan fingerprint density at radius 3 is 2.50 bits per heavy atom. The Bertz CT molecular complexity index is 856. The third-order valence-electron chi connectivity index (χ3n) is 5.28. The van der Waals surface area contributed by atoms with Crippen molar-refractivity contribution in [1.29, 1.82) is 0 Å². The van der Waals surface area contributed by atoms with Gasteiger partial charge in [-0.1, -0.05) is 0 Å². The lowest BCUT2D eigenvalue weighted by molar-refractivity contribution is -0.177. The number of hydrogen-bond acceptors (Lipinski definition) is 8. The van der Waals surface area contributed by atoms with E-state index in [1.54, 1.807) is 0 Å². The minimum atomic E-state index is -4.27. The highest BCUT2D eigenvalue weighted by molar-refractivity contribution is 5.59. The first-order valence-electron chi connectivity index (χ1n) is 9.89. The Balaban J connectivity index is 1.44. The van der Waals surface area contributed by atoms with Crippen molar-refractivity contribution in [1.82, 2.24) is 19.9 Å². The number of alkyl halides is 3. The van der Waals surface area contributed by atoms with E-state index in [1.807, 2.05) is 24.3 Å². The van der Waals surface area contributed by atoms with Gasteiger partial charge < -0.3 is 20.7 Å². The number of rotatable bonds is 5. The molecule has 0 radical (unpaired) electrons. The van der Waals surface area contributed by atoms with Gasteiger partial charge in [-0.15, -0.1) is 0 Å². The molecule has 4 rings (SSSR count). The van der Waals surface area contributed by atoms with Crippen molar-refractivity contribution in [2.45, 2.75) is 31.6 Å². The van der Waals surface area contributed by atoms with E-state index >= 15 is 0 Å². The summed E-state index contributed by atoms with van der Waals surface area (Å²) in [6.07, 6.45) is -3.69. The first kappa shape index (κ1) is 20.6. The molecule has 2 aliphatic rings. The highest BCUT2D eigenvalue weighted by atomic mass is 19.4. The van der Waals surface area contributed by atoms with Crippen molar-refractivity contribution in [3.05, 3.63) is 30.1 Å². The first-order chi connectivity index (χ1) is 14.4. The number of aromatic nitrogens is 3. The molecule has 2 fully saturated rings. The number of ether oxygens (including phenoxy) is 1. The summed E-state index contributed by atoms with van der Waals surface area (Å²) >= 11 is 0. The van der Waals surface area contributed by atoms with Crippen LogP contribution in [0.1, 0.15) is 18.7 Å². The van der Waals surface area contributed by atoms with E-state index in [4.69, 9.17) is 10.5 Å². The zero-order chi connectivity index (χ0) is 21.1. The van der Waals surface area contributed by atoms with Crippen molar-refractivity contribution >= 4 is 23.3 Å². The van der Waals surface area contributed by atoms with Crippen LogP contribution in [0.4, 0.5) is 36.4 Å². The molecule has 1 aromatic heterocycles. The number of halogens is 3. The van der Waals surface area contributed by atoms with Gasteiger partial charge in [0.2, 0.25) is 11.9 Å². The van der Waals surface area contributed by atoms with Gasteiger partial charge in [-0.2, -0.15) is 28.1 Å². The molecule has 0 spiro atoms. The molecule has 2 aliphatic heterocycles. The normalized spacial score (nSPS) is 20.5. The second kappa shape index (κ2) is 8.60. The van der Waals surface area contributed by atoms with E-state index in [0.29, 0.717) is 26.2 Å². The Hall–Kier alpha value is -2.66. The molecular weight excluding hydrogens is 399 g/mol. The minimum Gasteiger partial charge on any atom is -0.378 e. The maximum atomic E-state index is 13.2. The van der Waals surface area contributed by atoms with Crippen molar-refractivity contribution in [2.24, 2.45) is 0 Å². The molecule has 1 atom stereocenters. The van der Waals surface area contributed by atoms with Crippen molar-refractivity contribution in [3.8, 4) is 0 Å². The molecule has 2 aromatic rings. The summed E-state index contributed by atoms with van der Waals surface area (Å²) in [6.45, 7) is 3.42. The SMILES string of the molecule is Nc1nc(CN2CCC[C@@H]2C(F)(F)F)nc(Nc2ccc(N3CCOCC3)cc2)n1. The van der Waals surface area contributed by atoms with Crippen LogP contribution in [0.15, 0.2) is 24.3 Å². The van der Waals surface area contributed by atoms with Gasteiger partial charge in [0.1, 0.15) is 11.9 Å². The van der Waals surface area contributed by atoms with E-state index in [0.717, 1.165) is 24.5 Å². The Kier molecular flexibility index (Phi) is 5.91. The lowest BCUT2D eigenvalue weighted by atomic mass is 10.2. The summed E-state index contributed by atoms with van der Waals surface area (Å²) in [5.74, 6) is 0.389. The molecule has 8 nitrogen and oxygen atoms in total. The standard InChI is InChI=1S/C19H24F3N7O/c20-19(21,22)15-2-1-7-29(15)12-16-25-17(23)27-18(26-16)24-13-3-5-14(6-4-13)28-8-10-30-11-9-28/h3-6,15H,1-2,7-12H2,(H3,23,24,25,26,27)/t15-/m1/s1. The van der Waals surface area contributed by atoms with Crippen molar-refractivity contribution < 1.29 is 17.9 Å². The average Bonchev–Trinajstić information content (AvgIpc) is 3.17. The monoisotopic (exact) mass is 423 g/mol. The fourth-order valence-corrected chi connectivity index (χ4v) is 3.84. The number of nitrogen functional groups attached to an aromatic ring is 1. The molecule has 11 heteroatoms. The summed E-state index contributed by atoms with van der Waals surface area (Å²) in [4.78, 5) is 15.9. The van der Waals surface area contributed by atoms with Gasteiger partial charge in [-0.05, 0) is 43.7 Å². The van der Waals surface area contributed by atoms with Gasteiger partial charge in [0.25, 0.3) is 0 Å². The summed E-state index contributed by atoms with van der Waals surface area (Å²) in [7, 11) is 0. The Labute approximate surface area is 172 Å². The third kappa shape index (κ3) is 4.90. The van der Waals surface area contributed by atoms with Gasteiger partial charge in [-0.25, -0.2) is 0 Å². The zero-order valence-electron chi connectivity index (χ0n) is 16.4.